The molecule has 5 heterocycles. The van der Waals surface area contributed by atoms with Gasteiger partial charge in [-0.05, 0) is 64.3 Å². The number of benzene rings is 1. The smallest absolute Gasteiger partial charge is 0.407 e. The molecule has 3 aliphatic heterocycles. The number of anilines is 3. The van der Waals surface area contributed by atoms with E-state index in [1.807, 2.05) is 30.8 Å². The lowest BCUT2D eigenvalue weighted by Crippen LogP contribution is -2.55. The zero-order valence-corrected chi connectivity index (χ0v) is 26.2. The van der Waals surface area contributed by atoms with Gasteiger partial charge in [-0.25, -0.2) is 9.48 Å². The molecule has 0 spiro atoms. The standard InChI is InChI=1S/C31H40N10O5/c1-19-8-9-23-22(16-34-41(23)24-7-3-4-15-45-24)26(19)35-29(42)27-25(33)28(37-30(36-27)46-18-21-6-5-12-38(21)2)39-13-14-40(31(43)44)20(17-39)10-11-32/h8-9,16,20-21,24H,3-7,10,12-15,17-18,33H2,1-2H3,(H,35,42)(H,43,44). The van der Waals surface area contributed by atoms with Crippen LogP contribution in [0.4, 0.5) is 22.0 Å². The van der Waals surface area contributed by atoms with Gasteiger partial charge < -0.3 is 40.3 Å². The molecule has 3 atom stereocenters. The van der Waals surface area contributed by atoms with Gasteiger partial charge in [-0.3, -0.25) is 4.79 Å². The van der Waals surface area contributed by atoms with Crippen LogP contribution in [0.2, 0.25) is 0 Å². The van der Waals surface area contributed by atoms with E-state index >= 15 is 0 Å². The summed E-state index contributed by atoms with van der Waals surface area (Å²) in [5.41, 5.74) is 8.87. The predicted molar refractivity (Wildman–Crippen MR) is 170 cm³/mol. The van der Waals surface area contributed by atoms with Gasteiger partial charge in [0.2, 0.25) is 0 Å². The molecule has 3 aliphatic rings. The van der Waals surface area contributed by atoms with E-state index in [9.17, 15) is 20.0 Å². The zero-order valence-electron chi connectivity index (χ0n) is 26.2. The van der Waals surface area contributed by atoms with Crippen LogP contribution >= 0.6 is 0 Å². The molecule has 2 aromatic heterocycles. The molecule has 6 rings (SSSR count). The minimum Gasteiger partial charge on any atom is -0.465 e. The Labute approximate surface area is 266 Å². The maximum Gasteiger partial charge on any atom is 0.407 e. The van der Waals surface area contributed by atoms with Gasteiger partial charge in [0.05, 0.1) is 35.9 Å². The van der Waals surface area contributed by atoms with Crippen LogP contribution in [0.15, 0.2) is 18.3 Å². The highest BCUT2D eigenvalue weighted by molar-refractivity contribution is 6.11. The summed E-state index contributed by atoms with van der Waals surface area (Å²) in [5.74, 6) is -0.279. The number of fused-ring (bicyclic) bond motifs is 1. The van der Waals surface area contributed by atoms with Crippen LogP contribution in [0.25, 0.3) is 10.9 Å². The van der Waals surface area contributed by atoms with Crippen LogP contribution in [0, 0.1) is 18.3 Å². The highest BCUT2D eigenvalue weighted by atomic mass is 16.5. The van der Waals surface area contributed by atoms with Gasteiger partial charge in [-0.1, -0.05) is 6.07 Å². The summed E-state index contributed by atoms with van der Waals surface area (Å²) in [4.78, 5) is 40.2. The van der Waals surface area contributed by atoms with Gasteiger partial charge in [0.1, 0.15) is 12.3 Å². The lowest BCUT2D eigenvalue weighted by Gasteiger charge is -2.40. The van der Waals surface area contributed by atoms with E-state index in [-0.39, 0.29) is 61.5 Å². The second-order valence-corrected chi connectivity index (χ2v) is 12.2. The number of carbonyl (C=O) groups excluding carboxylic acids is 1. The van der Waals surface area contributed by atoms with E-state index in [0.29, 0.717) is 18.9 Å². The number of nitrogens with one attached hydrogen (secondary N) is 1. The van der Waals surface area contributed by atoms with Crippen molar-refractivity contribution in [1.29, 1.82) is 5.26 Å². The van der Waals surface area contributed by atoms with Gasteiger partial charge in [0.15, 0.2) is 17.7 Å². The first-order valence-electron chi connectivity index (χ1n) is 15.8. The summed E-state index contributed by atoms with van der Waals surface area (Å²) in [5, 5.41) is 27.4. The second kappa shape index (κ2) is 13.4. The third-order valence-electron chi connectivity index (χ3n) is 9.21. The van der Waals surface area contributed by atoms with Crippen molar-refractivity contribution in [3.8, 4) is 12.1 Å². The topological polar surface area (TPSA) is 188 Å². The summed E-state index contributed by atoms with van der Waals surface area (Å²) in [6.07, 6.45) is 5.45. The Morgan fingerprint density at radius 2 is 2.02 bits per heavy atom. The SMILES string of the molecule is Cc1ccc2c(cnn2C2CCCCO2)c1NC(=O)c1nc(OCC2CCCN2C)nc(N2CCN(C(=O)O)C(CC#N)C2)c1N. The van der Waals surface area contributed by atoms with E-state index in [1.54, 1.807) is 11.1 Å². The summed E-state index contributed by atoms with van der Waals surface area (Å²) < 4.78 is 13.9. The monoisotopic (exact) mass is 632 g/mol. The first kappa shape index (κ1) is 31.3. The Bertz CT molecular complexity index is 1650. The van der Waals surface area contributed by atoms with E-state index in [2.05, 4.69) is 31.4 Å². The number of rotatable bonds is 8. The number of nitrogens with two attached hydrogens (primary N) is 1. The molecular formula is C31H40N10O5. The molecule has 0 aliphatic carbocycles. The summed E-state index contributed by atoms with van der Waals surface area (Å²) in [7, 11) is 2.04. The van der Waals surface area contributed by atoms with Crippen LogP contribution < -0.4 is 20.7 Å². The number of ether oxygens (including phenoxy) is 2. The summed E-state index contributed by atoms with van der Waals surface area (Å²) in [6, 6.07) is 5.57. The highest BCUT2D eigenvalue weighted by Gasteiger charge is 2.34. The fraction of sp³-hybridized carbons (Fsp3) is 0.548. The van der Waals surface area contributed by atoms with Crippen molar-refractivity contribution in [1.82, 2.24) is 29.5 Å². The Balaban J connectivity index is 1.33. The normalized spacial score (nSPS) is 22.2. The van der Waals surface area contributed by atoms with Crippen LogP contribution in [-0.2, 0) is 4.74 Å². The van der Waals surface area contributed by atoms with Crippen molar-refractivity contribution in [2.75, 3.05) is 62.4 Å². The number of nitrogens with zero attached hydrogens (tertiary/aromatic N) is 8. The molecule has 4 N–H and O–H groups in total. The number of nitrogen functional groups attached to an aromatic ring is 1. The molecule has 15 nitrogen and oxygen atoms in total. The fourth-order valence-corrected chi connectivity index (χ4v) is 6.57. The number of likely N-dealkylation sites (N-methyl/N-ethyl adjacent to an activating group) is 1. The predicted octanol–water partition coefficient (Wildman–Crippen LogP) is 3.22. The van der Waals surface area contributed by atoms with Gasteiger partial charge in [0, 0.05) is 37.7 Å². The number of hydrogen-bond acceptors (Lipinski definition) is 11. The number of carbonyl (C=O) groups is 2. The molecule has 3 saturated heterocycles. The summed E-state index contributed by atoms with van der Waals surface area (Å²) in [6.45, 7) is 4.48. The molecule has 3 unspecified atom stereocenters. The van der Waals surface area contributed by atoms with E-state index in [1.165, 1.54) is 4.90 Å². The van der Waals surface area contributed by atoms with Crippen LogP contribution in [0.1, 0.15) is 60.8 Å². The highest BCUT2D eigenvalue weighted by Crippen LogP contribution is 2.34. The largest absolute Gasteiger partial charge is 0.465 e. The molecule has 244 valence electrons. The van der Waals surface area contributed by atoms with E-state index in [0.717, 1.165) is 55.1 Å². The van der Waals surface area contributed by atoms with Crippen molar-refractivity contribution in [3.05, 3.63) is 29.6 Å². The van der Waals surface area contributed by atoms with Gasteiger partial charge in [0.25, 0.3) is 5.91 Å². The molecule has 1 aromatic carbocycles. The van der Waals surface area contributed by atoms with Crippen LogP contribution in [0.5, 0.6) is 6.01 Å². The van der Waals surface area contributed by atoms with Gasteiger partial charge in [-0.2, -0.15) is 20.3 Å². The number of piperazine rings is 1. The quantitative estimate of drug-likeness (QED) is 0.329. The first-order valence-corrected chi connectivity index (χ1v) is 15.8. The second-order valence-electron chi connectivity index (χ2n) is 12.2. The lowest BCUT2D eigenvalue weighted by molar-refractivity contribution is -0.0366. The van der Waals surface area contributed by atoms with Crippen LogP contribution in [-0.4, -0.2) is 105 Å². The molecule has 3 aromatic rings. The van der Waals surface area contributed by atoms with Crippen molar-refractivity contribution in [2.45, 2.75) is 63.8 Å². The average molecular weight is 633 g/mol. The Kier molecular flexibility index (Phi) is 9.09. The number of amides is 2. The third-order valence-corrected chi connectivity index (χ3v) is 9.21. The van der Waals surface area contributed by atoms with Crippen LogP contribution in [0.3, 0.4) is 0 Å². The Morgan fingerprint density at radius 1 is 1.17 bits per heavy atom. The zero-order chi connectivity index (χ0) is 32.4. The molecule has 15 heteroatoms. The average Bonchev–Trinajstić information content (AvgIpc) is 3.68. The number of likely N-dealkylation sites (tertiary alicyclic amines) is 1. The fourth-order valence-electron chi connectivity index (χ4n) is 6.57. The first-order chi connectivity index (χ1) is 22.2. The van der Waals surface area contributed by atoms with E-state index < -0.39 is 18.0 Å². The molecule has 46 heavy (non-hydrogen) atoms. The molecule has 0 saturated carbocycles. The lowest BCUT2D eigenvalue weighted by atomic mass is 10.1. The minimum absolute atomic E-state index is 0.00135. The number of aromatic nitrogens is 4. The maximum atomic E-state index is 14.0. The molecule has 2 amide bonds. The molecule has 0 radical (unpaired) electrons. The number of aryl methyl sites for hydroxylation is 1. The van der Waals surface area contributed by atoms with Crippen molar-refractivity contribution in [2.24, 2.45) is 0 Å². The molecule has 3 fully saturated rings. The van der Waals surface area contributed by atoms with Crippen molar-refractivity contribution in [3.63, 3.8) is 0 Å². The van der Waals surface area contributed by atoms with Gasteiger partial charge in [-0.15, -0.1) is 0 Å². The third kappa shape index (κ3) is 6.22. The van der Waals surface area contributed by atoms with E-state index in [4.69, 9.17) is 15.2 Å². The van der Waals surface area contributed by atoms with Gasteiger partial charge >= 0.3 is 12.1 Å². The number of nitriles is 1. The molecular weight excluding hydrogens is 592 g/mol. The minimum atomic E-state index is -1.09. The number of hydrogen-bond donors (Lipinski definition) is 3. The van der Waals surface area contributed by atoms with Crippen molar-refractivity contribution >= 4 is 40.1 Å². The molecule has 0 bridgehead atoms. The van der Waals surface area contributed by atoms with Crippen molar-refractivity contribution < 1.29 is 24.2 Å². The summed E-state index contributed by atoms with van der Waals surface area (Å²) >= 11 is 0. The number of carboxylic acid groups (broad SMARTS) is 1. The Hall–Kier alpha value is -4.68. The maximum absolute atomic E-state index is 14.0. The Morgan fingerprint density at radius 3 is 2.74 bits per heavy atom.